The molecule has 1 saturated heterocycles. The SMILES string of the molecule is CN(C)[C@@H]1C(=O)C(C(N)=O)=C(O)[C@@]2(O)C(=O)C3=C(O)c4c(O)ccc(-c5ccc(CN6CCCC6)cc5)c4C[C@H]3C[C@@H]12.CN(C)[C@@H]1C(=O)C(C(N)=O)=C(O)[C@@]2(O)C(=O)C3=C(O)c4c(O)ccc(-c5cccc([N+](=O)[O-])c5)c4C[C@H]3C[C@@H]12.COc1ccc(CNC(C)C)cc1-c1ccc(O)c2c1C[C@H]1C[C@H]3[C@H](N(C)C)C(=O)C(C(N)=O)=C(O)[C@@]3(O)C(=O)C1=C2O. The molecule has 33 nitrogen and oxygen atoms in total. The molecule has 9 aliphatic carbocycles. The number of carbonyl (C=O) groups excluding carboxylic acids is 9. The number of Topliss-reactive ketones (excluding diaryl/α,β-unsaturated/α-hetero) is 6. The number of primary amides is 3. The van der Waals surface area contributed by atoms with Crippen molar-refractivity contribution in [2.45, 2.75) is 119 Å². The molecule has 6 aromatic carbocycles. The molecular formula is C91H97N9O24. The summed E-state index contributed by atoms with van der Waals surface area (Å²) in [7, 11) is 10.9. The quantitative estimate of drug-likeness (QED) is 0.0304. The number of nitrogens with zero attached hydrogens (tertiary/aromatic N) is 5. The van der Waals surface area contributed by atoms with Gasteiger partial charge < -0.3 is 88.5 Å². The summed E-state index contributed by atoms with van der Waals surface area (Å²) < 4.78 is 5.67. The second-order valence-corrected chi connectivity index (χ2v) is 34.4. The number of aliphatic hydroxyl groups excluding tert-OH is 6. The zero-order chi connectivity index (χ0) is 90.2. The van der Waals surface area contributed by atoms with Gasteiger partial charge in [0, 0.05) is 71.3 Å². The number of fused-ring (bicyclic) bond motifs is 9. The van der Waals surface area contributed by atoms with Crippen LogP contribution in [0.25, 0.3) is 50.7 Å². The number of hydrogen-bond acceptors (Lipinski definition) is 29. The Labute approximate surface area is 710 Å². The van der Waals surface area contributed by atoms with Crippen LogP contribution in [0.4, 0.5) is 5.69 Å². The maximum absolute atomic E-state index is 14.1. The molecule has 650 valence electrons. The summed E-state index contributed by atoms with van der Waals surface area (Å²) in [5.74, 6) is -20.2. The van der Waals surface area contributed by atoms with E-state index in [0.29, 0.717) is 45.7 Å². The van der Waals surface area contributed by atoms with E-state index in [0.717, 1.165) is 41.9 Å². The smallest absolute Gasteiger partial charge is 0.270 e. The molecule has 0 spiro atoms. The Morgan fingerprint density at radius 3 is 1.22 bits per heavy atom. The second-order valence-electron chi connectivity index (χ2n) is 34.4. The van der Waals surface area contributed by atoms with E-state index in [-0.39, 0.29) is 101 Å². The van der Waals surface area contributed by atoms with Gasteiger partial charge in [0.2, 0.25) is 17.3 Å². The van der Waals surface area contributed by atoms with Crippen molar-refractivity contribution in [2.75, 3.05) is 62.5 Å². The zero-order valence-corrected chi connectivity index (χ0v) is 69.3. The van der Waals surface area contributed by atoms with Crippen molar-refractivity contribution in [3.05, 3.63) is 208 Å². The van der Waals surface area contributed by atoms with Crippen molar-refractivity contribution in [3.8, 4) is 56.4 Å². The van der Waals surface area contributed by atoms with Gasteiger partial charge in [-0.15, -0.1) is 0 Å². The van der Waals surface area contributed by atoms with Crippen molar-refractivity contribution in [2.24, 2.45) is 52.7 Å². The van der Waals surface area contributed by atoms with E-state index in [4.69, 9.17) is 21.9 Å². The largest absolute Gasteiger partial charge is 0.508 e. The molecule has 0 radical (unpaired) electrons. The summed E-state index contributed by atoms with van der Waals surface area (Å²) in [6.45, 7) is 7.76. The molecule has 3 amide bonds. The van der Waals surface area contributed by atoms with Gasteiger partial charge in [0.25, 0.3) is 23.4 Å². The normalized spacial score (nSPS) is 26.4. The molecular weight excluding hydrogens is 1600 g/mol. The van der Waals surface area contributed by atoms with E-state index in [1.165, 1.54) is 83.6 Å². The fourth-order valence-corrected chi connectivity index (χ4v) is 20.7. The number of phenolic OH excluding ortho intramolecular Hbond substituents is 3. The van der Waals surface area contributed by atoms with Crippen LogP contribution in [0, 0.1) is 45.6 Å². The molecule has 19 N–H and O–H groups in total. The van der Waals surface area contributed by atoms with E-state index in [2.05, 4.69) is 22.3 Å². The van der Waals surface area contributed by atoms with E-state index >= 15 is 0 Å². The number of nitro groups is 1. The molecule has 33 heteroatoms. The Morgan fingerprint density at radius 1 is 0.500 bits per heavy atom. The molecule has 10 aliphatic rings. The number of non-ortho nitro benzene ring substituents is 1. The highest BCUT2D eigenvalue weighted by Gasteiger charge is 2.68. The van der Waals surface area contributed by atoms with E-state index < -0.39 is 179 Å². The van der Waals surface area contributed by atoms with E-state index in [9.17, 15) is 115 Å². The minimum absolute atomic E-state index is 0.0103. The van der Waals surface area contributed by atoms with Crippen molar-refractivity contribution >= 4 is 75.4 Å². The number of likely N-dealkylation sites (tertiary alicyclic amines) is 1. The Bertz CT molecular complexity index is 5850. The highest BCUT2D eigenvalue weighted by molar-refractivity contribution is 6.27. The van der Waals surface area contributed by atoms with Crippen LogP contribution in [0.1, 0.15) is 90.5 Å². The third-order valence-electron chi connectivity index (χ3n) is 26.3. The first-order chi connectivity index (χ1) is 58.5. The highest BCUT2D eigenvalue weighted by Crippen LogP contribution is 2.59. The molecule has 6 aromatic rings. The summed E-state index contributed by atoms with van der Waals surface area (Å²) in [4.78, 5) is 136. The predicted molar refractivity (Wildman–Crippen MR) is 449 cm³/mol. The second kappa shape index (κ2) is 32.5. The summed E-state index contributed by atoms with van der Waals surface area (Å²) in [5, 5.41) is 150. The van der Waals surface area contributed by atoms with Crippen molar-refractivity contribution in [3.63, 3.8) is 0 Å². The summed E-state index contributed by atoms with van der Waals surface area (Å²) >= 11 is 0. The first-order valence-electron chi connectivity index (χ1n) is 40.4. The summed E-state index contributed by atoms with van der Waals surface area (Å²) in [6, 6.07) is 25.8. The van der Waals surface area contributed by atoms with Crippen molar-refractivity contribution in [1.29, 1.82) is 0 Å². The third-order valence-corrected chi connectivity index (χ3v) is 26.3. The minimum Gasteiger partial charge on any atom is -0.508 e. The van der Waals surface area contributed by atoms with Gasteiger partial charge in [0.15, 0.2) is 34.2 Å². The molecule has 0 unspecified atom stereocenters. The Balaban J connectivity index is 0.000000152. The predicted octanol–water partition coefficient (Wildman–Crippen LogP) is 5.90. The maximum atomic E-state index is 14.1. The average Bonchev–Trinajstić information content (AvgIpc) is 0.764. The highest BCUT2D eigenvalue weighted by atomic mass is 16.6. The van der Waals surface area contributed by atoms with Crippen LogP contribution < -0.4 is 27.3 Å². The van der Waals surface area contributed by atoms with Gasteiger partial charge in [-0.05, 0) is 210 Å². The number of likely N-dealkylation sites (N-methyl/N-ethyl adjacent to an activating group) is 3. The Morgan fingerprint density at radius 2 is 0.863 bits per heavy atom. The van der Waals surface area contributed by atoms with E-state index in [1.54, 1.807) is 59.6 Å². The first kappa shape index (κ1) is 87.6. The molecule has 1 aliphatic heterocycles. The Kier molecular flexibility index (Phi) is 23.0. The average molecular weight is 1700 g/mol. The maximum Gasteiger partial charge on any atom is 0.270 e. The number of ether oxygens (including phenoxy) is 1. The number of hydrogen-bond donors (Lipinski definition) is 16. The molecule has 124 heavy (non-hydrogen) atoms. The number of carbonyl (C=O) groups is 9. The van der Waals surface area contributed by atoms with Crippen LogP contribution in [0.2, 0.25) is 0 Å². The number of phenols is 3. The van der Waals surface area contributed by atoms with Crippen LogP contribution in [-0.4, -0.2) is 242 Å². The lowest BCUT2D eigenvalue weighted by Crippen LogP contribution is -2.65. The van der Waals surface area contributed by atoms with Crippen LogP contribution in [0.5, 0.6) is 23.0 Å². The minimum atomic E-state index is -2.72. The topological polar surface area (TPSA) is 552 Å². The van der Waals surface area contributed by atoms with Gasteiger partial charge in [-0.3, -0.25) is 72.9 Å². The third kappa shape index (κ3) is 13.9. The number of nitrogens with one attached hydrogen (secondary N) is 1. The van der Waals surface area contributed by atoms with E-state index in [1.807, 2.05) is 44.2 Å². The lowest BCUT2D eigenvalue weighted by atomic mass is 9.57. The number of nitrogens with two attached hydrogens (primary N) is 3. The number of aliphatic hydroxyl groups is 9. The molecule has 3 saturated carbocycles. The monoisotopic (exact) mass is 1700 g/mol. The Hall–Kier alpha value is -12.7. The van der Waals surface area contributed by atoms with Gasteiger partial charge >= 0.3 is 0 Å². The number of benzene rings is 6. The standard InChI is InChI=1S/C32H37N3O8.C32H35N3O7.C27H25N3O9/c1-14(2)34-13-15-6-9-22(43-5)18(10-15)17-7-8-21(36)24-19(17)11-16-12-20-26(35(3)4)28(38)25(31(33)41)30(40)32(20,42)29(39)23(16)27(24)37;1-34(2)26-21-14-18-13-20-19(17-7-5-16(6-8-17)15-35-11-3-4-12-35)9-10-22(36)24(20)27(37)23(18)29(39)32(21,42)30(40)25(28(26)38)31(33)41;1-29(2)21-16-10-12-9-15-14(11-4-3-5-13(8-11)30(38)39)6-7-17(31)19(15)22(32)18(12)24(34)27(16,37)25(35)20(23(21)33)26(28)36/h6-10,14,16,20,26,34,36-37,40,42H,11-13H2,1-5H3,(H2,33,41);5-10,18,21,26,36-37,40,42H,3-4,11-15H2,1-2H3,(H2,33,41);3-8,12,16,21,31-32,35,37H,9-10H2,1-2H3,(H2,28,36)/t16-,20-,26-,32-;18-,21-,26-,32-;12-,16-,21-,27-/m000/s1. The zero-order valence-electron chi connectivity index (χ0n) is 69.3. The molecule has 12 atom stereocenters. The summed E-state index contributed by atoms with van der Waals surface area (Å²) in [5.41, 5.74) is 12.6. The lowest BCUT2D eigenvalue weighted by Gasteiger charge is -2.50. The van der Waals surface area contributed by atoms with Gasteiger partial charge in [-0.1, -0.05) is 74.5 Å². The molecule has 0 aromatic heterocycles. The van der Waals surface area contributed by atoms with Crippen LogP contribution in [0.15, 0.2) is 154 Å². The number of aromatic hydroxyl groups is 3. The van der Waals surface area contributed by atoms with Crippen molar-refractivity contribution in [1.82, 2.24) is 24.9 Å². The summed E-state index contributed by atoms with van der Waals surface area (Å²) in [6.07, 6.45) is 2.92. The van der Waals surface area contributed by atoms with Gasteiger partial charge in [0.1, 0.15) is 74.3 Å². The molecule has 16 rings (SSSR count). The fraction of sp³-hybridized carbons (Fsp3) is 0.374. The number of amides is 3. The lowest BCUT2D eigenvalue weighted by molar-refractivity contribution is -0.384. The fourth-order valence-electron chi connectivity index (χ4n) is 20.7. The number of ketones is 6. The number of rotatable bonds is 16. The first-order valence-corrected chi connectivity index (χ1v) is 40.4. The molecule has 0 bridgehead atoms. The van der Waals surface area contributed by atoms with Gasteiger partial charge in [-0.2, -0.15) is 0 Å². The van der Waals surface area contributed by atoms with Crippen LogP contribution >= 0.6 is 0 Å². The number of nitro benzene ring substituents is 1. The van der Waals surface area contributed by atoms with Crippen LogP contribution in [0.3, 0.4) is 0 Å². The molecule has 1 heterocycles. The molecule has 4 fully saturated rings. The number of methoxy groups -OCH3 is 1. The van der Waals surface area contributed by atoms with Gasteiger partial charge in [0.05, 0.1) is 46.8 Å². The van der Waals surface area contributed by atoms with Crippen molar-refractivity contribution < 1.29 is 114 Å². The van der Waals surface area contributed by atoms with Crippen LogP contribution in [-0.2, 0) is 75.5 Å². The van der Waals surface area contributed by atoms with Gasteiger partial charge in [-0.25, -0.2) is 0 Å².